The molecule has 4 nitrogen and oxygen atoms in total. The van der Waals surface area contributed by atoms with E-state index in [4.69, 9.17) is 21.1 Å². The van der Waals surface area contributed by atoms with Gasteiger partial charge in [0.1, 0.15) is 5.88 Å². The number of hydrogen-bond donors (Lipinski definition) is 1. The minimum atomic E-state index is -0.187. The van der Waals surface area contributed by atoms with Crippen LogP contribution in [0.25, 0.3) is 0 Å². The lowest BCUT2D eigenvalue weighted by atomic mass is 10.2. The number of nitrogens with one attached hydrogen (secondary N) is 1. The maximum atomic E-state index is 11.1. The molecule has 0 aliphatic heterocycles. The molecule has 1 aromatic rings. The fourth-order valence-corrected chi connectivity index (χ4v) is 1.72. The van der Waals surface area contributed by atoms with Crippen molar-refractivity contribution < 1.29 is 14.3 Å². The first kappa shape index (κ1) is 16.6. The molecule has 5 heteroatoms. The molecule has 0 fully saturated rings. The van der Waals surface area contributed by atoms with Crippen molar-refractivity contribution in [1.29, 1.82) is 0 Å². The first-order valence-corrected chi connectivity index (χ1v) is 7.45. The van der Waals surface area contributed by atoms with Crippen LogP contribution in [0.15, 0.2) is 18.2 Å². The highest BCUT2D eigenvalue weighted by molar-refractivity contribution is 6.27. The van der Waals surface area contributed by atoms with Crippen LogP contribution in [0.1, 0.15) is 32.3 Å². The van der Waals surface area contributed by atoms with Gasteiger partial charge in [-0.3, -0.25) is 4.79 Å². The summed E-state index contributed by atoms with van der Waals surface area (Å²) in [5.74, 6) is 1.23. The van der Waals surface area contributed by atoms with Crippen molar-refractivity contribution >= 4 is 17.5 Å². The van der Waals surface area contributed by atoms with Crippen LogP contribution in [0.3, 0.4) is 0 Å². The van der Waals surface area contributed by atoms with E-state index < -0.39 is 0 Å². The zero-order valence-electron chi connectivity index (χ0n) is 12.1. The first-order chi connectivity index (χ1) is 9.71. The van der Waals surface area contributed by atoms with Crippen LogP contribution in [0.4, 0.5) is 0 Å². The molecule has 0 unspecified atom stereocenters. The van der Waals surface area contributed by atoms with Crippen molar-refractivity contribution in [3.63, 3.8) is 0 Å². The van der Waals surface area contributed by atoms with Crippen molar-refractivity contribution in [3.05, 3.63) is 23.8 Å². The Morgan fingerprint density at radius 1 is 1.25 bits per heavy atom. The van der Waals surface area contributed by atoms with E-state index in [1.807, 2.05) is 25.1 Å². The lowest BCUT2D eigenvalue weighted by molar-refractivity contribution is -0.118. The van der Waals surface area contributed by atoms with Crippen LogP contribution in [-0.2, 0) is 11.3 Å². The van der Waals surface area contributed by atoms with Gasteiger partial charge in [-0.25, -0.2) is 0 Å². The van der Waals surface area contributed by atoms with Gasteiger partial charge in [-0.1, -0.05) is 19.4 Å². The number of hydrogen-bond acceptors (Lipinski definition) is 3. The van der Waals surface area contributed by atoms with Crippen LogP contribution < -0.4 is 14.8 Å². The highest BCUT2D eigenvalue weighted by atomic mass is 35.5. The molecule has 1 amide bonds. The highest BCUT2D eigenvalue weighted by Crippen LogP contribution is 2.28. The molecule has 1 aromatic carbocycles. The first-order valence-electron chi connectivity index (χ1n) is 6.92. The van der Waals surface area contributed by atoms with Gasteiger partial charge in [-0.15, -0.1) is 11.6 Å². The third-order valence-corrected chi connectivity index (χ3v) is 2.92. The Balaban J connectivity index is 2.69. The molecule has 0 heterocycles. The van der Waals surface area contributed by atoms with Gasteiger partial charge >= 0.3 is 0 Å². The molecule has 0 saturated carbocycles. The lowest BCUT2D eigenvalue weighted by Gasteiger charge is -2.13. The second-order valence-corrected chi connectivity index (χ2v) is 4.59. The Morgan fingerprint density at radius 2 is 2.05 bits per heavy atom. The van der Waals surface area contributed by atoms with E-state index in [0.29, 0.717) is 25.5 Å². The number of carbonyl (C=O) groups excluding carboxylic acids is 1. The molecular formula is C15H22ClNO3. The highest BCUT2D eigenvalue weighted by Gasteiger charge is 2.07. The zero-order chi connectivity index (χ0) is 14.8. The Hall–Kier alpha value is -1.42. The van der Waals surface area contributed by atoms with E-state index in [1.54, 1.807) is 0 Å². The van der Waals surface area contributed by atoms with E-state index in [1.165, 1.54) is 0 Å². The summed E-state index contributed by atoms with van der Waals surface area (Å²) in [7, 11) is 0. The third-order valence-electron chi connectivity index (χ3n) is 2.67. The monoisotopic (exact) mass is 299 g/mol. The fourth-order valence-electron chi connectivity index (χ4n) is 1.62. The van der Waals surface area contributed by atoms with E-state index in [-0.39, 0.29) is 11.8 Å². The average Bonchev–Trinajstić information content (AvgIpc) is 2.47. The molecule has 0 saturated heterocycles. The van der Waals surface area contributed by atoms with Crippen LogP contribution in [0.2, 0.25) is 0 Å². The molecule has 1 rings (SSSR count). The normalized spacial score (nSPS) is 10.2. The molecule has 20 heavy (non-hydrogen) atoms. The van der Waals surface area contributed by atoms with Gasteiger partial charge in [0, 0.05) is 6.54 Å². The summed E-state index contributed by atoms with van der Waals surface area (Å²) in [5, 5.41) is 2.72. The van der Waals surface area contributed by atoms with E-state index in [9.17, 15) is 4.79 Å². The van der Waals surface area contributed by atoms with Gasteiger partial charge in [0.2, 0.25) is 5.91 Å². The molecule has 0 radical (unpaired) electrons. The topological polar surface area (TPSA) is 47.6 Å². The fraction of sp³-hybridized carbons (Fsp3) is 0.533. The number of unbranched alkanes of at least 4 members (excludes halogenated alkanes) is 1. The summed E-state index contributed by atoms with van der Waals surface area (Å²) in [6.07, 6.45) is 2.10. The number of rotatable bonds is 9. The molecule has 0 atom stereocenters. The molecule has 0 aliphatic rings. The molecular weight excluding hydrogens is 278 g/mol. The van der Waals surface area contributed by atoms with Gasteiger partial charge in [0.15, 0.2) is 11.5 Å². The number of alkyl halides is 1. The largest absolute Gasteiger partial charge is 0.490 e. The smallest absolute Gasteiger partial charge is 0.235 e. The number of halogens is 1. The van der Waals surface area contributed by atoms with Crippen molar-refractivity contribution in [2.45, 2.75) is 33.2 Å². The molecule has 112 valence electrons. The maximum absolute atomic E-state index is 11.1. The minimum Gasteiger partial charge on any atom is -0.490 e. The van der Waals surface area contributed by atoms with Crippen LogP contribution >= 0.6 is 11.6 Å². The summed E-state index contributed by atoms with van der Waals surface area (Å²) in [6.45, 7) is 5.73. The predicted molar refractivity (Wildman–Crippen MR) is 80.6 cm³/mol. The van der Waals surface area contributed by atoms with Gasteiger partial charge in [-0.2, -0.15) is 0 Å². The Kier molecular flexibility index (Phi) is 7.88. The molecule has 1 N–H and O–H groups in total. The van der Waals surface area contributed by atoms with E-state index in [0.717, 1.165) is 24.2 Å². The summed E-state index contributed by atoms with van der Waals surface area (Å²) in [5.41, 5.74) is 0.953. The van der Waals surface area contributed by atoms with Crippen molar-refractivity contribution in [2.75, 3.05) is 19.1 Å². The Labute approximate surface area is 125 Å². The number of carbonyl (C=O) groups is 1. The molecule has 0 spiro atoms. The SMILES string of the molecule is CCCCOc1ccc(CNC(=O)CCl)cc1OCC. The number of ether oxygens (including phenoxy) is 2. The minimum absolute atomic E-state index is 0.0312. The molecule has 0 aliphatic carbocycles. The van der Waals surface area contributed by atoms with E-state index >= 15 is 0 Å². The van der Waals surface area contributed by atoms with Crippen LogP contribution in [-0.4, -0.2) is 25.0 Å². The molecule has 0 aromatic heterocycles. The van der Waals surface area contributed by atoms with Crippen LogP contribution in [0.5, 0.6) is 11.5 Å². The van der Waals surface area contributed by atoms with Crippen LogP contribution in [0, 0.1) is 0 Å². The molecule has 0 bridgehead atoms. The van der Waals surface area contributed by atoms with Gasteiger partial charge in [0.05, 0.1) is 13.2 Å². The number of amides is 1. The second-order valence-electron chi connectivity index (χ2n) is 4.33. The van der Waals surface area contributed by atoms with Gasteiger partial charge in [-0.05, 0) is 31.0 Å². The maximum Gasteiger partial charge on any atom is 0.235 e. The standard InChI is InChI=1S/C15H22ClNO3/c1-3-5-8-20-13-7-6-12(9-14(13)19-4-2)11-17-15(18)10-16/h6-7,9H,3-5,8,10-11H2,1-2H3,(H,17,18). The zero-order valence-corrected chi connectivity index (χ0v) is 12.8. The Morgan fingerprint density at radius 3 is 2.70 bits per heavy atom. The summed E-state index contributed by atoms with van der Waals surface area (Å²) in [6, 6.07) is 5.68. The predicted octanol–water partition coefficient (Wildman–Crippen LogP) is 3.12. The lowest BCUT2D eigenvalue weighted by Crippen LogP contribution is -2.23. The van der Waals surface area contributed by atoms with Gasteiger partial charge in [0.25, 0.3) is 0 Å². The average molecular weight is 300 g/mol. The second kappa shape index (κ2) is 9.48. The Bertz CT molecular complexity index is 424. The van der Waals surface area contributed by atoms with Crippen molar-refractivity contribution in [2.24, 2.45) is 0 Å². The summed E-state index contributed by atoms with van der Waals surface area (Å²) in [4.78, 5) is 11.1. The summed E-state index contributed by atoms with van der Waals surface area (Å²) >= 11 is 5.44. The van der Waals surface area contributed by atoms with E-state index in [2.05, 4.69) is 12.2 Å². The quantitative estimate of drug-likeness (QED) is 0.563. The van der Waals surface area contributed by atoms with Crippen molar-refractivity contribution in [3.8, 4) is 11.5 Å². The summed E-state index contributed by atoms with van der Waals surface area (Å²) < 4.78 is 11.3. The third kappa shape index (κ3) is 5.70. The number of benzene rings is 1. The van der Waals surface area contributed by atoms with Gasteiger partial charge < -0.3 is 14.8 Å². The van der Waals surface area contributed by atoms with Crippen molar-refractivity contribution in [1.82, 2.24) is 5.32 Å².